The van der Waals surface area contributed by atoms with E-state index in [2.05, 4.69) is 36.3 Å². The quantitative estimate of drug-likeness (QED) is 0.354. The van der Waals surface area contributed by atoms with Crippen LogP contribution in [0.25, 0.3) is 21.7 Å². The van der Waals surface area contributed by atoms with E-state index in [9.17, 15) is 10.1 Å². The Balaban J connectivity index is 1.67. The van der Waals surface area contributed by atoms with E-state index < -0.39 is 4.92 Å². The van der Waals surface area contributed by atoms with E-state index in [4.69, 9.17) is 4.74 Å². The summed E-state index contributed by atoms with van der Waals surface area (Å²) in [5.74, 6) is 0.426. The summed E-state index contributed by atoms with van der Waals surface area (Å²) in [6.07, 6.45) is 0.915. The van der Waals surface area contributed by atoms with Gasteiger partial charge in [-0.15, -0.1) is 5.10 Å². The average molecular weight is 361 g/mol. The zero-order valence-electron chi connectivity index (χ0n) is 15.0. The molecule has 0 radical (unpaired) electrons. The van der Waals surface area contributed by atoms with Crippen LogP contribution in [0, 0.1) is 10.1 Å². The lowest BCUT2D eigenvalue weighted by Gasteiger charge is -2.05. The van der Waals surface area contributed by atoms with Gasteiger partial charge in [-0.25, -0.2) is 0 Å². The largest absolute Gasteiger partial charge is 0.471 e. The molecule has 4 aromatic rings. The molecule has 0 aliphatic rings. The van der Waals surface area contributed by atoms with E-state index in [0.717, 1.165) is 29.4 Å². The molecule has 0 saturated heterocycles. The number of aromatic nitrogens is 2. The van der Waals surface area contributed by atoms with Gasteiger partial charge in [0.1, 0.15) is 6.61 Å². The normalized spacial score (nSPS) is 11.1. The van der Waals surface area contributed by atoms with Crippen LogP contribution < -0.4 is 4.74 Å². The second-order valence-electron chi connectivity index (χ2n) is 6.46. The van der Waals surface area contributed by atoms with Gasteiger partial charge >= 0.3 is 0 Å². The van der Waals surface area contributed by atoms with E-state index in [-0.39, 0.29) is 5.69 Å². The molecule has 0 N–H and O–H groups in total. The van der Waals surface area contributed by atoms with Gasteiger partial charge in [0.05, 0.1) is 15.8 Å². The molecule has 0 aliphatic carbocycles. The summed E-state index contributed by atoms with van der Waals surface area (Å²) in [6.45, 7) is 3.15. The molecule has 1 heterocycles. The van der Waals surface area contributed by atoms with Gasteiger partial charge in [0.15, 0.2) is 0 Å². The Labute approximate surface area is 156 Å². The Morgan fingerprint density at radius 2 is 1.89 bits per heavy atom. The minimum atomic E-state index is -0.399. The third-order valence-electron chi connectivity index (χ3n) is 4.54. The van der Waals surface area contributed by atoms with Crippen LogP contribution in [0.2, 0.25) is 0 Å². The highest BCUT2D eigenvalue weighted by molar-refractivity contribution is 5.87. The van der Waals surface area contributed by atoms with Crippen LogP contribution in [0.4, 0.5) is 5.69 Å². The van der Waals surface area contributed by atoms with Crippen LogP contribution in [0.15, 0.2) is 60.7 Å². The Kier molecular flexibility index (Phi) is 4.46. The second kappa shape index (κ2) is 7.07. The molecule has 136 valence electrons. The number of nitro groups is 1. The molecule has 0 atom stereocenters. The summed E-state index contributed by atoms with van der Waals surface area (Å²) < 4.78 is 7.80. The fourth-order valence-corrected chi connectivity index (χ4v) is 3.22. The van der Waals surface area contributed by atoms with Crippen LogP contribution in [-0.4, -0.2) is 14.7 Å². The molecule has 0 fully saturated rings. The van der Waals surface area contributed by atoms with Gasteiger partial charge < -0.3 is 4.74 Å². The maximum atomic E-state index is 11.1. The number of aryl methyl sites for hydroxylation is 1. The Morgan fingerprint density at radius 3 is 2.67 bits per heavy atom. The molecule has 1 aromatic heterocycles. The van der Waals surface area contributed by atoms with E-state index >= 15 is 0 Å². The van der Waals surface area contributed by atoms with E-state index in [1.54, 1.807) is 6.07 Å². The van der Waals surface area contributed by atoms with Crippen molar-refractivity contribution in [2.75, 3.05) is 0 Å². The monoisotopic (exact) mass is 361 g/mol. The minimum absolute atomic E-state index is 0.0362. The van der Waals surface area contributed by atoms with Crippen molar-refractivity contribution in [3.05, 3.63) is 76.3 Å². The number of hydrogen-bond donors (Lipinski definition) is 0. The third kappa shape index (κ3) is 3.33. The van der Waals surface area contributed by atoms with Gasteiger partial charge in [-0.05, 0) is 34.9 Å². The number of hydrogen-bond acceptors (Lipinski definition) is 4. The number of nitrogens with zero attached hydrogens (tertiary/aromatic N) is 3. The van der Waals surface area contributed by atoms with Crippen LogP contribution in [0.3, 0.4) is 0 Å². The zero-order valence-corrected chi connectivity index (χ0v) is 15.0. The van der Waals surface area contributed by atoms with Crippen LogP contribution >= 0.6 is 0 Å². The lowest BCUT2D eigenvalue weighted by molar-refractivity contribution is -0.384. The minimum Gasteiger partial charge on any atom is -0.471 e. The molecule has 3 aromatic carbocycles. The Bertz CT molecular complexity index is 1130. The Morgan fingerprint density at radius 1 is 1.07 bits per heavy atom. The van der Waals surface area contributed by atoms with Crippen molar-refractivity contribution in [3.8, 4) is 5.88 Å². The highest BCUT2D eigenvalue weighted by atomic mass is 16.6. The molecule has 6 heteroatoms. The molecular formula is C21H19N3O3. The fraction of sp³-hybridized carbons (Fsp3) is 0.190. The number of benzene rings is 3. The lowest BCUT2D eigenvalue weighted by Crippen LogP contribution is -2.00. The molecule has 0 aliphatic heterocycles. The second-order valence-corrected chi connectivity index (χ2v) is 6.46. The fourth-order valence-electron chi connectivity index (χ4n) is 3.22. The third-order valence-corrected chi connectivity index (χ3v) is 4.54. The van der Waals surface area contributed by atoms with Gasteiger partial charge in [0.25, 0.3) is 5.69 Å². The number of ether oxygens (including phenoxy) is 1. The van der Waals surface area contributed by atoms with Crippen LogP contribution in [0.1, 0.15) is 18.9 Å². The maximum Gasteiger partial charge on any atom is 0.270 e. The topological polar surface area (TPSA) is 70.2 Å². The maximum absolute atomic E-state index is 11.1. The molecule has 6 nitrogen and oxygen atoms in total. The van der Waals surface area contributed by atoms with Gasteiger partial charge in [-0.1, -0.05) is 43.3 Å². The van der Waals surface area contributed by atoms with Crippen molar-refractivity contribution >= 4 is 27.4 Å². The van der Waals surface area contributed by atoms with Crippen molar-refractivity contribution in [2.24, 2.45) is 0 Å². The first-order valence-electron chi connectivity index (χ1n) is 8.91. The molecule has 0 amide bonds. The number of rotatable bonds is 6. The molecule has 0 saturated carbocycles. The lowest BCUT2D eigenvalue weighted by atomic mass is 10.1. The SMILES string of the molecule is CCCn1nc(OCc2ccc3ccccc3c2)c2cc([N+](=O)[O-])ccc21. The smallest absolute Gasteiger partial charge is 0.270 e. The molecular weight excluding hydrogens is 342 g/mol. The van der Waals surface area contributed by atoms with E-state index in [1.807, 2.05) is 22.9 Å². The first kappa shape index (κ1) is 17.0. The van der Waals surface area contributed by atoms with Gasteiger partial charge in [0.2, 0.25) is 5.88 Å². The van der Waals surface area contributed by atoms with Gasteiger partial charge in [0, 0.05) is 18.7 Å². The van der Waals surface area contributed by atoms with Crippen LogP contribution in [0.5, 0.6) is 5.88 Å². The predicted molar refractivity (Wildman–Crippen MR) is 105 cm³/mol. The molecule has 27 heavy (non-hydrogen) atoms. The van der Waals surface area contributed by atoms with Crippen molar-refractivity contribution in [1.82, 2.24) is 9.78 Å². The van der Waals surface area contributed by atoms with Crippen molar-refractivity contribution in [2.45, 2.75) is 26.5 Å². The number of nitro benzene ring substituents is 1. The summed E-state index contributed by atoms with van der Waals surface area (Å²) in [4.78, 5) is 10.7. The van der Waals surface area contributed by atoms with Crippen molar-refractivity contribution in [3.63, 3.8) is 0 Å². The summed E-state index contributed by atoms with van der Waals surface area (Å²) in [5, 5.41) is 18.6. The number of fused-ring (bicyclic) bond motifs is 2. The highest BCUT2D eigenvalue weighted by Gasteiger charge is 2.16. The van der Waals surface area contributed by atoms with Crippen molar-refractivity contribution in [1.29, 1.82) is 0 Å². The molecule has 0 bridgehead atoms. The number of non-ortho nitro benzene ring substituents is 1. The molecule has 0 spiro atoms. The summed E-state index contributed by atoms with van der Waals surface area (Å²) in [7, 11) is 0. The summed E-state index contributed by atoms with van der Waals surface area (Å²) in [5.41, 5.74) is 1.90. The summed E-state index contributed by atoms with van der Waals surface area (Å²) >= 11 is 0. The van der Waals surface area contributed by atoms with E-state index in [1.165, 1.54) is 17.5 Å². The molecule has 4 rings (SSSR count). The average Bonchev–Trinajstić information content (AvgIpc) is 3.03. The zero-order chi connectivity index (χ0) is 18.8. The predicted octanol–water partition coefficient (Wildman–Crippen LogP) is 5.09. The first-order valence-corrected chi connectivity index (χ1v) is 8.91. The van der Waals surface area contributed by atoms with Crippen LogP contribution in [-0.2, 0) is 13.2 Å². The van der Waals surface area contributed by atoms with Gasteiger partial charge in [-0.2, -0.15) is 0 Å². The summed E-state index contributed by atoms with van der Waals surface area (Å²) in [6, 6.07) is 19.1. The van der Waals surface area contributed by atoms with Crippen molar-refractivity contribution < 1.29 is 9.66 Å². The first-order chi connectivity index (χ1) is 13.2. The van der Waals surface area contributed by atoms with Gasteiger partial charge in [-0.3, -0.25) is 14.8 Å². The molecule has 0 unspecified atom stereocenters. The Hall–Kier alpha value is -3.41. The van der Waals surface area contributed by atoms with E-state index in [0.29, 0.717) is 17.9 Å². The standard InChI is InChI=1S/C21H19N3O3/c1-2-11-23-20-10-9-18(24(25)26)13-19(20)21(22-23)27-14-15-7-8-16-5-3-4-6-17(16)12-15/h3-10,12-13H,2,11,14H2,1H3. The highest BCUT2D eigenvalue weighted by Crippen LogP contribution is 2.30.